The van der Waals surface area contributed by atoms with Gasteiger partial charge in [-0.15, -0.1) is 0 Å². The first kappa shape index (κ1) is 10.4. The Morgan fingerprint density at radius 2 is 2.27 bits per heavy atom. The van der Waals surface area contributed by atoms with Crippen molar-refractivity contribution in [3.63, 3.8) is 0 Å². The smallest absolute Gasteiger partial charge is 0.151 e. The molecule has 5 heteroatoms. The Labute approximate surface area is 99.8 Å². The summed E-state index contributed by atoms with van der Waals surface area (Å²) < 4.78 is 2.56. The lowest BCUT2D eigenvalue weighted by Gasteiger charge is -2.02. The van der Waals surface area contributed by atoms with Crippen LogP contribution in [0.3, 0.4) is 0 Å². The van der Waals surface area contributed by atoms with Crippen LogP contribution in [0.2, 0.25) is 5.02 Å². The quantitative estimate of drug-likeness (QED) is 0.795. The Morgan fingerprint density at radius 3 is 2.80 bits per heavy atom. The maximum absolute atomic E-state index is 10.6. The molecule has 0 spiro atoms. The molecule has 0 saturated heterocycles. The number of carbonyl (C=O) groups is 1. The molecule has 76 valence electrons. The summed E-state index contributed by atoms with van der Waals surface area (Å²) in [6, 6.07) is 5.15. The van der Waals surface area contributed by atoms with E-state index < -0.39 is 0 Å². The number of aromatic nitrogens is 2. The molecule has 2 rings (SSSR count). The van der Waals surface area contributed by atoms with E-state index in [0.29, 0.717) is 10.6 Å². The van der Waals surface area contributed by atoms with Gasteiger partial charge in [-0.2, -0.15) is 5.10 Å². The third-order valence-electron chi connectivity index (χ3n) is 1.93. The van der Waals surface area contributed by atoms with Crippen LogP contribution in [0.1, 0.15) is 10.4 Å². The molecule has 15 heavy (non-hydrogen) atoms. The second kappa shape index (κ2) is 4.16. The van der Waals surface area contributed by atoms with E-state index in [2.05, 4.69) is 21.0 Å². The summed E-state index contributed by atoms with van der Waals surface area (Å²) >= 11 is 9.21. The van der Waals surface area contributed by atoms with E-state index in [9.17, 15) is 4.79 Å². The van der Waals surface area contributed by atoms with Crippen molar-refractivity contribution in [2.75, 3.05) is 0 Å². The largest absolute Gasteiger partial charge is 0.298 e. The van der Waals surface area contributed by atoms with Gasteiger partial charge in [0.1, 0.15) is 0 Å². The van der Waals surface area contributed by atoms with Crippen molar-refractivity contribution in [3.8, 4) is 5.69 Å². The molecule has 0 N–H and O–H groups in total. The highest BCUT2D eigenvalue weighted by Gasteiger charge is 2.03. The van der Waals surface area contributed by atoms with Crippen LogP contribution in [-0.2, 0) is 0 Å². The molecule has 2 aromatic rings. The first-order chi connectivity index (χ1) is 7.20. The zero-order valence-electron chi connectivity index (χ0n) is 7.52. The molecule has 0 atom stereocenters. The van der Waals surface area contributed by atoms with Gasteiger partial charge in [-0.05, 0) is 34.1 Å². The Hall–Kier alpha value is -1.13. The van der Waals surface area contributed by atoms with Gasteiger partial charge < -0.3 is 0 Å². The van der Waals surface area contributed by atoms with Crippen LogP contribution >= 0.6 is 27.5 Å². The predicted molar refractivity (Wildman–Crippen MR) is 61.7 cm³/mol. The fourth-order valence-corrected chi connectivity index (χ4v) is 1.70. The minimum Gasteiger partial charge on any atom is -0.298 e. The highest BCUT2D eigenvalue weighted by atomic mass is 79.9. The number of carbonyl (C=O) groups excluding carboxylic acids is 1. The van der Waals surface area contributed by atoms with Crippen LogP contribution < -0.4 is 0 Å². The van der Waals surface area contributed by atoms with Crippen molar-refractivity contribution >= 4 is 33.8 Å². The first-order valence-electron chi connectivity index (χ1n) is 4.16. The molecular weight excluding hydrogens is 279 g/mol. The Morgan fingerprint density at radius 1 is 1.47 bits per heavy atom. The molecule has 0 aliphatic carbocycles. The molecule has 0 saturated carbocycles. The third-order valence-corrected chi connectivity index (χ3v) is 2.66. The molecule has 1 heterocycles. The van der Waals surface area contributed by atoms with Crippen molar-refractivity contribution < 1.29 is 4.79 Å². The summed E-state index contributed by atoms with van der Waals surface area (Å²) in [7, 11) is 0. The summed E-state index contributed by atoms with van der Waals surface area (Å²) in [4.78, 5) is 10.6. The molecule has 0 radical (unpaired) electrons. The zero-order chi connectivity index (χ0) is 10.8. The van der Waals surface area contributed by atoms with Gasteiger partial charge in [0.15, 0.2) is 6.29 Å². The van der Waals surface area contributed by atoms with Crippen molar-refractivity contribution in [2.45, 2.75) is 0 Å². The summed E-state index contributed by atoms with van der Waals surface area (Å²) in [5.74, 6) is 0. The topological polar surface area (TPSA) is 34.9 Å². The molecule has 0 aliphatic rings. The van der Waals surface area contributed by atoms with Crippen LogP contribution in [0.15, 0.2) is 35.1 Å². The van der Waals surface area contributed by atoms with E-state index in [-0.39, 0.29) is 0 Å². The zero-order valence-corrected chi connectivity index (χ0v) is 9.86. The standard InChI is InChI=1S/C10H6BrClN2O/c11-8-4-13-14(5-8)9-2-1-7(6-15)10(12)3-9/h1-6H. The van der Waals surface area contributed by atoms with Gasteiger partial charge in [0.05, 0.1) is 21.4 Å². The Bertz CT molecular complexity index is 510. The first-order valence-corrected chi connectivity index (χ1v) is 5.33. The van der Waals surface area contributed by atoms with Gasteiger partial charge in [0, 0.05) is 11.8 Å². The van der Waals surface area contributed by atoms with Crippen LogP contribution in [0, 0.1) is 0 Å². The summed E-state index contributed by atoms with van der Waals surface area (Å²) in [5.41, 5.74) is 1.29. The van der Waals surface area contributed by atoms with Crippen LogP contribution in [0.4, 0.5) is 0 Å². The molecule has 0 fully saturated rings. The summed E-state index contributed by atoms with van der Waals surface area (Å²) in [5, 5.41) is 4.53. The molecule has 3 nitrogen and oxygen atoms in total. The molecule has 0 amide bonds. The molecule has 0 aliphatic heterocycles. The van der Waals surface area contributed by atoms with Crippen molar-refractivity contribution in [2.24, 2.45) is 0 Å². The van der Waals surface area contributed by atoms with Crippen molar-refractivity contribution in [1.29, 1.82) is 0 Å². The van der Waals surface area contributed by atoms with Crippen molar-refractivity contribution in [1.82, 2.24) is 9.78 Å². The predicted octanol–water partition coefficient (Wildman–Crippen LogP) is 3.10. The van der Waals surface area contributed by atoms with E-state index in [0.717, 1.165) is 16.4 Å². The van der Waals surface area contributed by atoms with Gasteiger partial charge in [-0.25, -0.2) is 4.68 Å². The second-order valence-electron chi connectivity index (χ2n) is 2.93. The molecule has 0 unspecified atom stereocenters. The lowest BCUT2D eigenvalue weighted by Crippen LogP contribution is -1.94. The van der Waals surface area contributed by atoms with Crippen LogP contribution in [0.5, 0.6) is 0 Å². The average Bonchev–Trinajstić information content (AvgIpc) is 2.65. The maximum Gasteiger partial charge on any atom is 0.151 e. The number of hydrogen-bond donors (Lipinski definition) is 0. The second-order valence-corrected chi connectivity index (χ2v) is 4.25. The van der Waals surface area contributed by atoms with E-state index in [1.807, 2.05) is 6.20 Å². The molecule has 1 aromatic heterocycles. The fourth-order valence-electron chi connectivity index (χ4n) is 1.20. The van der Waals surface area contributed by atoms with E-state index >= 15 is 0 Å². The number of aldehydes is 1. The van der Waals surface area contributed by atoms with E-state index in [4.69, 9.17) is 11.6 Å². The highest BCUT2D eigenvalue weighted by Crippen LogP contribution is 2.19. The van der Waals surface area contributed by atoms with Crippen molar-refractivity contribution in [3.05, 3.63) is 45.7 Å². The van der Waals surface area contributed by atoms with E-state index in [1.54, 1.807) is 29.1 Å². The van der Waals surface area contributed by atoms with E-state index in [1.165, 1.54) is 0 Å². The molecule has 1 aromatic carbocycles. The number of nitrogens with zero attached hydrogens (tertiary/aromatic N) is 2. The lowest BCUT2D eigenvalue weighted by molar-refractivity contribution is 0.112. The highest BCUT2D eigenvalue weighted by molar-refractivity contribution is 9.10. The van der Waals surface area contributed by atoms with Crippen LogP contribution in [-0.4, -0.2) is 16.1 Å². The van der Waals surface area contributed by atoms with Gasteiger partial charge in [-0.3, -0.25) is 4.79 Å². The molecule has 0 bridgehead atoms. The monoisotopic (exact) mass is 284 g/mol. The fraction of sp³-hybridized carbons (Fsp3) is 0. The third kappa shape index (κ3) is 2.11. The Kier molecular flexibility index (Phi) is 2.88. The number of hydrogen-bond acceptors (Lipinski definition) is 2. The SMILES string of the molecule is O=Cc1ccc(-n2cc(Br)cn2)cc1Cl. The minimum absolute atomic E-state index is 0.425. The van der Waals surface area contributed by atoms with Gasteiger partial charge in [-0.1, -0.05) is 11.6 Å². The molecular formula is C10H6BrClN2O. The number of rotatable bonds is 2. The maximum atomic E-state index is 10.6. The normalized spacial score (nSPS) is 10.3. The number of halogens is 2. The van der Waals surface area contributed by atoms with Gasteiger partial charge in [0.2, 0.25) is 0 Å². The summed E-state index contributed by atoms with van der Waals surface area (Å²) in [6.45, 7) is 0. The summed E-state index contributed by atoms with van der Waals surface area (Å²) in [6.07, 6.45) is 4.22. The lowest BCUT2D eigenvalue weighted by atomic mass is 10.2. The number of benzene rings is 1. The van der Waals surface area contributed by atoms with Gasteiger partial charge >= 0.3 is 0 Å². The average molecular weight is 286 g/mol. The Balaban J connectivity index is 2.46. The van der Waals surface area contributed by atoms with Gasteiger partial charge in [0.25, 0.3) is 0 Å². The minimum atomic E-state index is 0.425. The van der Waals surface area contributed by atoms with Crippen LogP contribution in [0.25, 0.3) is 5.69 Å².